The topological polar surface area (TPSA) is 73.4 Å². The van der Waals surface area contributed by atoms with E-state index in [-0.39, 0.29) is 0 Å². The quantitative estimate of drug-likeness (QED) is 0.172. The van der Waals surface area contributed by atoms with Crippen molar-refractivity contribution in [2.45, 2.75) is 0 Å². The van der Waals surface area contributed by atoms with Crippen molar-refractivity contribution >= 4 is 32.6 Å². The van der Waals surface area contributed by atoms with E-state index in [2.05, 4.69) is 127 Å². The second-order valence-corrected chi connectivity index (χ2v) is 12.9. The fourth-order valence-corrected chi connectivity index (χ4v) is 7.10. The fraction of sp³-hybridized carbons (Fsp3) is 0. The second kappa shape index (κ2) is 12.8. The summed E-state index contributed by atoms with van der Waals surface area (Å²) in [6.07, 6.45) is 0. The van der Waals surface area contributed by atoms with Gasteiger partial charge in [-0.3, -0.25) is 0 Å². The van der Waals surface area contributed by atoms with Crippen molar-refractivity contribution in [2.24, 2.45) is 0 Å². The Labute approximate surface area is 301 Å². The molecule has 2 aromatic heterocycles. The Morgan fingerprint density at radius 3 is 1.48 bits per heavy atom. The highest BCUT2D eigenvalue weighted by molar-refractivity contribution is 6.06. The first-order valence-corrected chi connectivity index (χ1v) is 17.1. The molecule has 0 atom stereocenters. The van der Waals surface area contributed by atoms with Crippen molar-refractivity contribution in [3.8, 4) is 68.0 Å². The molecule has 0 fully saturated rings. The van der Waals surface area contributed by atoms with Crippen LogP contribution in [0.25, 0.3) is 88.5 Å². The van der Waals surface area contributed by atoms with Crippen LogP contribution in [0.5, 0.6) is 0 Å². The molecular weight excluding hydrogens is 633 g/mol. The van der Waals surface area contributed by atoms with Crippen LogP contribution in [0.4, 0.5) is 0 Å². The van der Waals surface area contributed by atoms with E-state index >= 15 is 0 Å². The first-order valence-electron chi connectivity index (χ1n) is 17.1. The zero-order valence-electron chi connectivity index (χ0n) is 28.0. The predicted molar refractivity (Wildman–Crippen MR) is 211 cm³/mol. The Kier molecular flexibility index (Phi) is 7.55. The van der Waals surface area contributed by atoms with Gasteiger partial charge >= 0.3 is 0 Å². The van der Waals surface area contributed by atoms with E-state index < -0.39 is 0 Å². The van der Waals surface area contributed by atoms with Crippen LogP contribution in [-0.4, -0.2) is 9.97 Å². The normalized spacial score (nSPS) is 11.0. The lowest BCUT2D eigenvalue weighted by Crippen LogP contribution is -1.91. The summed E-state index contributed by atoms with van der Waals surface area (Å²) in [5.41, 5.74) is 12.9. The zero-order chi connectivity index (χ0) is 35.0. The number of aromatic nitrogens is 2. The number of rotatable bonds is 5. The van der Waals surface area contributed by atoms with Crippen LogP contribution >= 0.6 is 0 Å². The van der Waals surface area contributed by atoms with Crippen molar-refractivity contribution in [1.82, 2.24) is 9.97 Å². The highest BCUT2D eigenvalue weighted by Gasteiger charge is 2.14. The molecule has 9 rings (SSSR count). The standard InChI is InChI=1S/C48H28N4/c49-29-31-7-6-10-38(25-31)39-26-32(30-50)27-40(28-39)42-22-21-41(43-11-4-5-12-44(42)43)33-13-15-35(16-14-33)46-24-20-37-18-17-36-19-23-45(34-8-2-1-3-9-34)51-47(36)48(37)52-46/h1-28H. The molecule has 0 unspecified atom stereocenters. The molecule has 0 N–H and O–H groups in total. The number of hydrogen-bond donors (Lipinski definition) is 0. The molecule has 240 valence electrons. The summed E-state index contributed by atoms with van der Waals surface area (Å²) < 4.78 is 0. The largest absolute Gasteiger partial charge is 0.245 e. The first kappa shape index (κ1) is 30.6. The molecule has 0 aliphatic heterocycles. The van der Waals surface area contributed by atoms with Gasteiger partial charge in [-0.1, -0.05) is 127 Å². The van der Waals surface area contributed by atoms with Crippen LogP contribution in [0.1, 0.15) is 11.1 Å². The zero-order valence-corrected chi connectivity index (χ0v) is 28.0. The summed E-state index contributed by atoms with van der Waals surface area (Å²) in [6.45, 7) is 0. The number of nitriles is 2. The molecule has 9 aromatic rings. The molecule has 4 nitrogen and oxygen atoms in total. The highest BCUT2D eigenvalue weighted by Crippen LogP contribution is 2.38. The van der Waals surface area contributed by atoms with Crippen LogP contribution in [0, 0.1) is 22.7 Å². The minimum Gasteiger partial charge on any atom is -0.245 e. The van der Waals surface area contributed by atoms with Gasteiger partial charge in [-0.15, -0.1) is 0 Å². The van der Waals surface area contributed by atoms with Crippen molar-refractivity contribution in [2.75, 3.05) is 0 Å². The molecule has 0 aliphatic rings. The minimum atomic E-state index is 0.571. The van der Waals surface area contributed by atoms with Crippen LogP contribution in [0.3, 0.4) is 0 Å². The van der Waals surface area contributed by atoms with Gasteiger partial charge < -0.3 is 0 Å². The maximum Gasteiger partial charge on any atom is 0.0992 e. The average Bonchev–Trinajstić information content (AvgIpc) is 3.23. The molecule has 0 saturated carbocycles. The predicted octanol–water partition coefficient (Wildman–Crippen LogP) is 12.0. The monoisotopic (exact) mass is 660 g/mol. The van der Waals surface area contributed by atoms with E-state index in [1.165, 1.54) is 0 Å². The Hall–Kier alpha value is -7.40. The summed E-state index contributed by atoms with van der Waals surface area (Å²) in [4.78, 5) is 10.2. The highest BCUT2D eigenvalue weighted by atomic mass is 14.8. The third kappa shape index (κ3) is 5.52. The lowest BCUT2D eigenvalue weighted by molar-refractivity contribution is 1.36. The molecule has 0 radical (unpaired) electrons. The third-order valence-corrected chi connectivity index (χ3v) is 9.70. The Bertz CT molecular complexity index is 2910. The lowest BCUT2D eigenvalue weighted by atomic mass is 9.89. The van der Waals surface area contributed by atoms with Gasteiger partial charge in [0.05, 0.1) is 45.7 Å². The number of hydrogen-bond acceptors (Lipinski definition) is 4. The Morgan fingerprint density at radius 2 is 0.846 bits per heavy atom. The van der Waals surface area contributed by atoms with Crippen molar-refractivity contribution in [3.05, 3.63) is 181 Å². The summed E-state index contributed by atoms with van der Waals surface area (Å²) in [5.74, 6) is 0. The van der Waals surface area contributed by atoms with E-state index in [1.54, 1.807) is 6.07 Å². The molecule has 7 aromatic carbocycles. The molecule has 0 aliphatic carbocycles. The maximum absolute atomic E-state index is 9.93. The summed E-state index contributed by atoms with van der Waals surface area (Å²) in [7, 11) is 0. The fourth-order valence-electron chi connectivity index (χ4n) is 7.10. The molecular formula is C48H28N4. The number of fused-ring (bicyclic) bond motifs is 4. The lowest BCUT2D eigenvalue weighted by Gasteiger charge is -2.14. The van der Waals surface area contributed by atoms with Crippen LogP contribution in [0.15, 0.2) is 170 Å². The molecule has 4 heteroatoms. The van der Waals surface area contributed by atoms with Crippen molar-refractivity contribution in [1.29, 1.82) is 10.5 Å². The molecule has 0 amide bonds. The molecule has 0 bridgehead atoms. The summed E-state index contributed by atoms with van der Waals surface area (Å²) in [5, 5.41) is 23.7. The van der Waals surface area contributed by atoms with Crippen LogP contribution in [-0.2, 0) is 0 Å². The number of pyridine rings is 2. The molecule has 0 saturated heterocycles. The van der Waals surface area contributed by atoms with Gasteiger partial charge in [-0.2, -0.15) is 10.5 Å². The van der Waals surface area contributed by atoms with E-state index in [9.17, 15) is 10.5 Å². The van der Waals surface area contributed by atoms with Gasteiger partial charge in [-0.25, -0.2) is 9.97 Å². The van der Waals surface area contributed by atoms with E-state index in [0.29, 0.717) is 11.1 Å². The Balaban J connectivity index is 1.09. The van der Waals surface area contributed by atoms with Gasteiger partial charge in [0, 0.05) is 21.9 Å². The van der Waals surface area contributed by atoms with Crippen molar-refractivity contribution < 1.29 is 0 Å². The van der Waals surface area contributed by atoms with E-state index in [1.807, 2.05) is 48.5 Å². The van der Waals surface area contributed by atoms with Gasteiger partial charge in [0.1, 0.15) is 0 Å². The maximum atomic E-state index is 9.93. The molecule has 52 heavy (non-hydrogen) atoms. The van der Waals surface area contributed by atoms with Crippen molar-refractivity contribution in [3.63, 3.8) is 0 Å². The third-order valence-electron chi connectivity index (χ3n) is 9.70. The molecule has 0 spiro atoms. The second-order valence-electron chi connectivity index (χ2n) is 12.9. The molecule has 2 heterocycles. The van der Waals surface area contributed by atoms with Crippen LogP contribution < -0.4 is 0 Å². The SMILES string of the molecule is N#Cc1cccc(-c2cc(C#N)cc(-c3ccc(-c4ccc(-c5ccc6ccc7ccc(-c8ccccc8)nc7c6n5)cc4)c4ccccc34)c2)c1. The summed E-state index contributed by atoms with van der Waals surface area (Å²) in [6, 6.07) is 62.1. The average molecular weight is 661 g/mol. The summed E-state index contributed by atoms with van der Waals surface area (Å²) >= 11 is 0. The number of nitrogens with zero attached hydrogens (tertiary/aromatic N) is 4. The Morgan fingerprint density at radius 1 is 0.346 bits per heavy atom. The van der Waals surface area contributed by atoms with Gasteiger partial charge in [-0.05, 0) is 86.6 Å². The smallest absolute Gasteiger partial charge is 0.0992 e. The van der Waals surface area contributed by atoms with E-state index in [4.69, 9.17) is 9.97 Å². The van der Waals surface area contributed by atoms with Crippen LogP contribution in [0.2, 0.25) is 0 Å². The number of benzene rings is 7. The van der Waals surface area contributed by atoms with Gasteiger partial charge in [0.2, 0.25) is 0 Å². The van der Waals surface area contributed by atoms with E-state index in [0.717, 1.165) is 88.5 Å². The minimum absolute atomic E-state index is 0.571. The van der Waals surface area contributed by atoms with Gasteiger partial charge in [0.15, 0.2) is 0 Å². The van der Waals surface area contributed by atoms with Gasteiger partial charge in [0.25, 0.3) is 0 Å². The first-order chi connectivity index (χ1) is 25.6.